The van der Waals surface area contributed by atoms with Crippen molar-refractivity contribution in [2.24, 2.45) is 0 Å². The lowest BCUT2D eigenvalue weighted by Gasteiger charge is -2.32. The van der Waals surface area contributed by atoms with Crippen LogP contribution in [0.4, 0.5) is 5.69 Å². The molecule has 0 radical (unpaired) electrons. The first-order chi connectivity index (χ1) is 22.9. The van der Waals surface area contributed by atoms with Gasteiger partial charge in [-0.3, -0.25) is 29.4 Å². The van der Waals surface area contributed by atoms with Crippen molar-refractivity contribution in [3.05, 3.63) is 101 Å². The van der Waals surface area contributed by atoms with E-state index in [4.69, 9.17) is 9.47 Å². The number of carbonyl (C=O) groups excluding carboxylic acids is 4. The van der Waals surface area contributed by atoms with Crippen LogP contribution in [-0.2, 0) is 43.5 Å². The minimum Gasteiger partial charge on any atom is -0.380 e. The van der Waals surface area contributed by atoms with Crippen LogP contribution in [0, 0.1) is 0 Å². The average molecular weight is 641 g/mol. The molecule has 0 aliphatic carbocycles. The maximum atomic E-state index is 13.1. The topological polar surface area (TPSA) is 117 Å². The SMILES string of the molecule is CCCCOCC(COCCC(=O)Nc1cccc2c1CN(C1CCC(=O)NC1=O)C2=O)N(Cc1ccccc1)Cc1ccccc1. The number of rotatable bonds is 17. The largest absolute Gasteiger partial charge is 0.380 e. The van der Waals surface area contributed by atoms with Gasteiger partial charge in [0.1, 0.15) is 6.04 Å². The van der Waals surface area contributed by atoms with E-state index < -0.39 is 11.9 Å². The molecule has 2 N–H and O–H groups in total. The van der Waals surface area contributed by atoms with Crippen LogP contribution < -0.4 is 10.6 Å². The van der Waals surface area contributed by atoms with E-state index in [9.17, 15) is 19.2 Å². The Morgan fingerprint density at radius 3 is 2.21 bits per heavy atom. The number of hydrogen-bond acceptors (Lipinski definition) is 7. The number of benzene rings is 3. The van der Waals surface area contributed by atoms with Gasteiger partial charge < -0.3 is 19.7 Å². The zero-order valence-corrected chi connectivity index (χ0v) is 27.0. The quantitative estimate of drug-likeness (QED) is 0.163. The van der Waals surface area contributed by atoms with Crippen molar-refractivity contribution >= 4 is 29.3 Å². The number of carbonyl (C=O) groups is 4. The van der Waals surface area contributed by atoms with Crippen molar-refractivity contribution in [1.82, 2.24) is 15.1 Å². The standard InChI is InChI=1S/C37H44N4O6/c1-2-3-20-46-25-29(40(22-27-11-6-4-7-12-27)23-28-13-8-5-9-14-28)26-47-21-19-35(43)38-32-16-10-15-30-31(32)24-41(37(30)45)33-17-18-34(42)39-36(33)44/h4-16,29,33H,2-3,17-26H2,1H3,(H,38,43)(H,39,42,44). The summed E-state index contributed by atoms with van der Waals surface area (Å²) in [6.45, 7) is 5.61. The number of anilines is 1. The van der Waals surface area contributed by atoms with E-state index in [1.807, 2.05) is 36.4 Å². The molecule has 2 aliphatic rings. The number of unbranched alkanes of at least 4 members (excludes halogenated alkanes) is 1. The average Bonchev–Trinajstić information content (AvgIpc) is 3.41. The Hall–Kier alpha value is -4.38. The van der Waals surface area contributed by atoms with Crippen molar-refractivity contribution in [1.29, 1.82) is 0 Å². The number of hydrogen-bond donors (Lipinski definition) is 2. The molecular weight excluding hydrogens is 596 g/mol. The molecule has 3 aromatic carbocycles. The Bertz CT molecular complexity index is 1470. The zero-order chi connectivity index (χ0) is 33.0. The van der Waals surface area contributed by atoms with Gasteiger partial charge in [-0.25, -0.2) is 0 Å². The number of nitrogens with zero attached hydrogens (tertiary/aromatic N) is 2. The first-order valence-corrected chi connectivity index (χ1v) is 16.5. The van der Waals surface area contributed by atoms with Crippen LogP contribution in [0.15, 0.2) is 78.9 Å². The molecule has 248 valence electrons. The lowest BCUT2D eigenvalue weighted by molar-refractivity contribution is -0.137. The molecular formula is C37H44N4O6. The van der Waals surface area contributed by atoms with Crippen molar-refractivity contribution in [2.45, 2.75) is 70.7 Å². The predicted molar refractivity (Wildman–Crippen MR) is 178 cm³/mol. The Kier molecular flexibility index (Phi) is 12.3. The molecule has 0 spiro atoms. The summed E-state index contributed by atoms with van der Waals surface area (Å²) >= 11 is 0. The molecule has 2 atom stereocenters. The van der Waals surface area contributed by atoms with Crippen molar-refractivity contribution < 1.29 is 28.7 Å². The predicted octanol–water partition coefficient (Wildman–Crippen LogP) is 4.68. The van der Waals surface area contributed by atoms with Gasteiger partial charge in [0.25, 0.3) is 5.91 Å². The highest BCUT2D eigenvalue weighted by atomic mass is 16.5. The molecule has 47 heavy (non-hydrogen) atoms. The summed E-state index contributed by atoms with van der Waals surface area (Å²) in [6, 6.07) is 25.1. The summed E-state index contributed by atoms with van der Waals surface area (Å²) in [7, 11) is 0. The summed E-state index contributed by atoms with van der Waals surface area (Å²) in [4.78, 5) is 54.1. The zero-order valence-electron chi connectivity index (χ0n) is 27.0. The van der Waals surface area contributed by atoms with Crippen molar-refractivity contribution in [3.8, 4) is 0 Å². The van der Waals surface area contributed by atoms with Gasteiger partial charge in [0.05, 0.1) is 32.3 Å². The van der Waals surface area contributed by atoms with E-state index in [1.165, 1.54) is 16.0 Å². The van der Waals surface area contributed by atoms with Crippen molar-refractivity contribution in [2.75, 3.05) is 31.7 Å². The van der Waals surface area contributed by atoms with Crippen LogP contribution in [0.1, 0.15) is 66.1 Å². The lowest BCUT2D eigenvalue weighted by Crippen LogP contribution is -2.52. The number of nitrogens with one attached hydrogen (secondary N) is 2. The molecule has 2 heterocycles. The van der Waals surface area contributed by atoms with Crippen LogP contribution in [-0.4, -0.2) is 71.9 Å². The Balaban J connectivity index is 1.18. The molecule has 0 bridgehead atoms. The van der Waals surface area contributed by atoms with Crippen molar-refractivity contribution in [3.63, 3.8) is 0 Å². The minimum atomic E-state index is -0.716. The van der Waals surface area contributed by atoms with Gasteiger partial charge in [-0.2, -0.15) is 0 Å². The molecule has 4 amide bonds. The molecule has 10 nitrogen and oxygen atoms in total. The molecule has 1 saturated heterocycles. The molecule has 2 unspecified atom stereocenters. The second kappa shape index (κ2) is 17.0. The van der Waals surface area contributed by atoms with E-state index in [-0.39, 0.29) is 56.2 Å². The third kappa shape index (κ3) is 9.34. The van der Waals surface area contributed by atoms with E-state index in [0.29, 0.717) is 36.6 Å². The Morgan fingerprint density at radius 1 is 0.915 bits per heavy atom. The van der Waals surface area contributed by atoms with Crippen LogP contribution >= 0.6 is 0 Å². The van der Waals surface area contributed by atoms with E-state index in [2.05, 4.69) is 46.7 Å². The maximum Gasteiger partial charge on any atom is 0.255 e. The summed E-state index contributed by atoms with van der Waals surface area (Å²) < 4.78 is 12.2. The Morgan fingerprint density at radius 2 is 1.57 bits per heavy atom. The van der Waals surface area contributed by atoms with E-state index in [1.54, 1.807) is 18.2 Å². The van der Waals surface area contributed by atoms with Gasteiger partial charge in [-0.1, -0.05) is 80.1 Å². The number of fused-ring (bicyclic) bond motifs is 1. The first kappa shape index (κ1) is 34.0. The highest BCUT2D eigenvalue weighted by Gasteiger charge is 2.40. The lowest BCUT2D eigenvalue weighted by atomic mass is 10.0. The number of ether oxygens (including phenoxy) is 2. The minimum absolute atomic E-state index is 0.0306. The van der Waals surface area contributed by atoms with Crippen LogP contribution in [0.2, 0.25) is 0 Å². The van der Waals surface area contributed by atoms with Gasteiger partial charge >= 0.3 is 0 Å². The maximum absolute atomic E-state index is 13.1. The molecule has 2 aliphatic heterocycles. The second-order valence-corrected chi connectivity index (χ2v) is 12.1. The summed E-state index contributed by atoms with van der Waals surface area (Å²) in [5.41, 5.74) is 4.05. The highest BCUT2D eigenvalue weighted by Crippen LogP contribution is 2.32. The van der Waals surface area contributed by atoms with Crippen LogP contribution in [0.5, 0.6) is 0 Å². The normalized spacial score (nSPS) is 16.7. The summed E-state index contributed by atoms with van der Waals surface area (Å²) in [6.07, 6.45) is 2.65. The first-order valence-electron chi connectivity index (χ1n) is 16.5. The molecule has 0 saturated carbocycles. The van der Waals surface area contributed by atoms with E-state index in [0.717, 1.165) is 25.9 Å². The van der Waals surface area contributed by atoms with E-state index >= 15 is 0 Å². The number of piperidine rings is 1. The molecule has 1 fully saturated rings. The van der Waals surface area contributed by atoms with Gasteiger partial charge in [-0.05, 0) is 36.1 Å². The third-order valence-electron chi connectivity index (χ3n) is 8.57. The van der Waals surface area contributed by atoms with Crippen LogP contribution in [0.3, 0.4) is 0 Å². The molecule has 0 aromatic heterocycles. The monoisotopic (exact) mass is 640 g/mol. The number of imide groups is 1. The summed E-state index contributed by atoms with van der Waals surface area (Å²) in [5.74, 6) is -1.31. The van der Waals surface area contributed by atoms with Crippen LogP contribution in [0.25, 0.3) is 0 Å². The third-order valence-corrected chi connectivity index (χ3v) is 8.57. The second-order valence-electron chi connectivity index (χ2n) is 12.1. The number of amides is 4. The highest BCUT2D eigenvalue weighted by molar-refractivity contribution is 6.06. The molecule has 5 rings (SSSR count). The van der Waals surface area contributed by atoms with Gasteiger partial charge in [0.15, 0.2) is 0 Å². The van der Waals surface area contributed by atoms with Gasteiger partial charge in [-0.15, -0.1) is 0 Å². The fourth-order valence-electron chi connectivity index (χ4n) is 5.97. The van der Waals surface area contributed by atoms with Gasteiger partial charge in [0.2, 0.25) is 17.7 Å². The smallest absolute Gasteiger partial charge is 0.255 e. The molecule has 10 heteroatoms. The summed E-state index contributed by atoms with van der Waals surface area (Å²) in [5, 5.41) is 5.26. The fourth-order valence-corrected chi connectivity index (χ4v) is 5.97. The fraction of sp³-hybridized carbons (Fsp3) is 0.405. The van der Waals surface area contributed by atoms with Gasteiger partial charge in [0, 0.05) is 49.5 Å². The molecule has 3 aromatic rings. The Labute approximate surface area is 276 Å².